The summed E-state index contributed by atoms with van der Waals surface area (Å²) in [6.07, 6.45) is -2.07. The van der Waals surface area contributed by atoms with Gasteiger partial charge in [0.1, 0.15) is 5.78 Å². The van der Waals surface area contributed by atoms with Crippen LogP contribution in [0.5, 0.6) is 0 Å². The van der Waals surface area contributed by atoms with Gasteiger partial charge in [0.05, 0.1) is 5.75 Å². The lowest BCUT2D eigenvalue weighted by Crippen LogP contribution is -2.25. The smallest absolute Gasteiger partial charge is 0.294 e. The van der Waals surface area contributed by atoms with Crippen LogP contribution in [-0.2, 0) is 9.53 Å². The molecule has 0 aromatic rings. The molecule has 3 nitrogen and oxygen atoms in total. The molecule has 0 fully saturated rings. The Bertz CT molecular complexity index is 255. The van der Waals surface area contributed by atoms with Gasteiger partial charge in [-0.05, 0) is 13.8 Å². The number of aliphatic imine (C=N–C) groups is 1. The van der Waals surface area contributed by atoms with Crippen molar-refractivity contribution in [3.05, 3.63) is 0 Å². The van der Waals surface area contributed by atoms with Crippen LogP contribution < -0.4 is 0 Å². The van der Waals surface area contributed by atoms with Gasteiger partial charge in [0.2, 0.25) is 0 Å². The van der Waals surface area contributed by atoms with Crippen molar-refractivity contribution in [1.82, 2.24) is 0 Å². The zero-order chi connectivity index (χ0) is 10.1. The molecule has 1 aliphatic rings. The summed E-state index contributed by atoms with van der Waals surface area (Å²) >= 11 is 0.896. The third kappa shape index (κ3) is 2.65. The molecule has 0 radical (unpaired) electrons. The zero-order valence-corrected chi connectivity index (χ0v) is 8.03. The molecule has 6 heteroatoms. The number of rotatable bonds is 2. The van der Waals surface area contributed by atoms with Gasteiger partial charge < -0.3 is 4.74 Å². The van der Waals surface area contributed by atoms with Crippen molar-refractivity contribution < 1.29 is 18.3 Å². The minimum absolute atomic E-state index is 0.0980. The number of ketones is 1. The molecule has 0 unspecified atom stereocenters. The molecule has 0 N–H and O–H groups in total. The average Bonchev–Trinajstić information content (AvgIpc) is 2.22. The number of nitrogens with zero attached hydrogens (tertiary/aromatic N) is 1. The summed E-state index contributed by atoms with van der Waals surface area (Å²) in [4.78, 5) is 13.9. The van der Waals surface area contributed by atoms with E-state index in [1.54, 1.807) is 0 Å². The second-order valence-corrected chi connectivity index (χ2v) is 3.75. The first-order chi connectivity index (χ1) is 5.92. The van der Waals surface area contributed by atoms with Crippen molar-refractivity contribution in [2.75, 3.05) is 5.75 Å². The van der Waals surface area contributed by atoms with Crippen LogP contribution in [0.1, 0.15) is 13.8 Å². The Kier molecular flexibility index (Phi) is 2.90. The molecular weight excluding hydrogens is 200 g/mol. The molecular formula is C7H9F2NO2S. The maximum absolute atomic E-state index is 13.0. The second kappa shape index (κ2) is 3.61. The maximum atomic E-state index is 13.0. The Morgan fingerprint density at radius 3 is 2.85 bits per heavy atom. The number of alkyl halides is 2. The van der Waals surface area contributed by atoms with Crippen molar-refractivity contribution in [1.29, 1.82) is 0 Å². The number of hydrogen-bond acceptors (Lipinski definition) is 4. The molecule has 1 aliphatic heterocycles. The third-order valence-corrected chi connectivity index (χ3v) is 2.31. The Labute approximate surface area is 78.5 Å². The number of hydrogen-bond donors (Lipinski definition) is 0. The van der Waals surface area contributed by atoms with E-state index in [9.17, 15) is 13.6 Å². The first-order valence-electron chi connectivity index (χ1n) is 3.63. The molecule has 74 valence electrons. The van der Waals surface area contributed by atoms with Gasteiger partial charge in [-0.1, -0.05) is 11.8 Å². The lowest BCUT2D eigenvalue weighted by atomic mass is 10.3. The summed E-state index contributed by atoms with van der Waals surface area (Å²) in [6.45, 7) is 2.36. The highest BCUT2D eigenvalue weighted by Crippen LogP contribution is 2.31. The fourth-order valence-electron chi connectivity index (χ4n) is 0.681. The SMILES string of the molecule is CC(=O)CSC1=N[C@@](C)(F)[C@H](F)O1. The third-order valence-electron chi connectivity index (χ3n) is 1.33. The minimum Gasteiger partial charge on any atom is -0.433 e. The highest BCUT2D eigenvalue weighted by Gasteiger charge is 2.43. The lowest BCUT2D eigenvalue weighted by molar-refractivity contribution is -0.114. The molecule has 1 rings (SSSR count). The van der Waals surface area contributed by atoms with Crippen LogP contribution in [0.2, 0.25) is 0 Å². The van der Waals surface area contributed by atoms with E-state index < -0.39 is 12.2 Å². The van der Waals surface area contributed by atoms with Gasteiger partial charge in [-0.3, -0.25) is 4.79 Å². The summed E-state index contributed by atoms with van der Waals surface area (Å²) in [5, 5.41) is -0.104. The minimum atomic E-state index is -2.32. The van der Waals surface area contributed by atoms with Crippen LogP contribution in [-0.4, -0.2) is 28.9 Å². The zero-order valence-electron chi connectivity index (χ0n) is 7.21. The molecule has 0 aromatic heterocycles. The van der Waals surface area contributed by atoms with Crippen molar-refractivity contribution >= 4 is 22.8 Å². The van der Waals surface area contributed by atoms with E-state index in [1.807, 2.05) is 0 Å². The largest absolute Gasteiger partial charge is 0.433 e. The van der Waals surface area contributed by atoms with Gasteiger partial charge >= 0.3 is 0 Å². The lowest BCUT2D eigenvalue weighted by Gasteiger charge is -2.09. The Morgan fingerprint density at radius 2 is 2.46 bits per heavy atom. The number of halogens is 2. The standard InChI is InChI=1S/C7H9F2NO2S/c1-4(11)3-13-6-10-7(2,9)5(8)12-6/h5H,3H2,1-2H3/t5-,7-/m1/s1. The van der Waals surface area contributed by atoms with Crippen molar-refractivity contribution in [2.24, 2.45) is 4.99 Å². The number of ether oxygens (including phenoxy) is 1. The summed E-state index contributed by atoms with van der Waals surface area (Å²) in [6, 6.07) is 0. The van der Waals surface area contributed by atoms with Crippen LogP contribution in [0, 0.1) is 0 Å². The van der Waals surface area contributed by atoms with Gasteiger partial charge in [0, 0.05) is 0 Å². The number of Topliss-reactive ketones (excluding diaryl/α,β-unsaturated/α-hetero) is 1. The number of carbonyl (C=O) groups excluding carboxylic acids is 1. The van der Waals surface area contributed by atoms with Gasteiger partial charge in [0.15, 0.2) is 0 Å². The van der Waals surface area contributed by atoms with Crippen LogP contribution in [0.15, 0.2) is 4.99 Å². The van der Waals surface area contributed by atoms with Crippen molar-refractivity contribution in [2.45, 2.75) is 26.0 Å². The normalized spacial score (nSPS) is 32.6. The molecule has 0 aliphatic carbocycles. The van der Waals surface area contributed by atoms with Crippen LogP contribution >= 0.6 is 11.8 Å². The molecule has 0 spiro atoms. The fourth-order valence-corrected chi connectivity index (χ4v) is 1.40. The van der Waals surface area contributed by atoms with Gasteiger partial charge in [-0.15, -0.1) is 0 Å². The molecule has 2 atom stereocenters. The highest BCUT2D eigenvalue weighted by molar-refractivity contribution is 8.14. The molecule has 0 bridgehead atoms. The molecule has 0 saturated carbocycles. The van der Waals surface area contributed by atoms with E-state index in [1.165, 1.54) is 6.92 Å². The predicted molar refractivity (Wildman–Crippen MR) is 46.1 cm³/mol. The maximum Gasteiger partial charge on any atom is 0.294 e. The summed E-state index contributed by atoms with van der Waals surface area (Å²) in [5.74, 6) is -2.31. The van der Waals surface area contributed by atoms with Gasteiger partial charge in [-0.25, -0.2) is 4.39 Å². The van der Waals surface area contributed by atoms with E-state index in [4.69, 9.17) is 0 Å². The number of thioether (sulfide) groups is 1. The Hall–Kier alpha value is -0.650. The van der Waals surface area contributed by atoms with Crippen LogP contribution in [0.25, 0.3) is 0 Å². The second-order valence-electron chi connectivity index (χ2n) is 2.83. The summed E-state index contributed by atoms with van der Waals surface area (Å²) < 4.78 is 30.1. The highest BCUT2D eigenvalue weighted by atomic mass is 32.2. The predicted octanol–water partition coefficient (Wildman–Crippen LogP) is 1.68. The summed E-state index contributed by atoms with van der Waals surface area (Å²) in [5.41, 5.74) is 0. The molecule has 1 heterocycles. The molecule has 0 aromatic carbocycles. The molecule has 0 amide bonds. The van der Waals surface area contributed by atoms with E-state index in [-0.39, 0.29) is 16.8 Å². The average molecular weight is 209 g/mol. The first-order valence-corrected chi connectivity index (χ1v) is 4.62. The van der Waals surface area contributed by atoms with Crippen molar-refractivity contribution in [3.8, 4) is 0 Å². The van der Waals surface area contributed by atoms with Gasteiger partial charge in [0.25, 0.3) is 17.4 Å². The quantitative estimate of drug-likeness (QED) is 0.649. The summed E-state index contributed by atoms with van der Waals surface area (Å²) in [7, 11) is 0. The first kappa shape index (κ1) is 10.4. The van der Waals surface area contributed by atoms with Crippen LogP contribution in [0.3, 0.4) is 0 Å². The Balaban J connectivity index is 2.50. The van der Waals surface area contributed by atoms with E-state index in [2.05, 4.69) is 9.73 Å². The monoisotopic (exact) mass is 209 g/mol. The molecule has 0 saturated heterocycles. The molecule has 13 heavy (non-hydrogen) atoms. The van der Waals surface area contributed by atoms with Crippen molar-refractivity contribution in [3.63, 3.8) is 0 Å². The van der Waals surface area contributed by atoms with Gasteiger partial charge in [-0.2, -0.15) is 9.38 Å². The van der Waals surface area contributed by atoms with E-state index in [0.717, 1.165) is 18.7 Å². The Morgan fingerprint density at radius 1 is 1.85 bits per heavy atom. The fraction of sp³-hybridized carbons (Fsp3) is 0.714. The number of carbonyl (C=O) groups is 1. The van der Waals surface area contributed by atoms with Crippen LogP contribution in [0.4, 0.5) is 8.78 Å². The van der Waals surface area contributed by atoms with E-state index in [0.29, 0.717) is 0 Å². The van der Waals surface area contributed by atoms with E-state index >= 15 is 0 Å². The topological polar surface area (TPSA) is 38.7 Å².